The van der Waals surface area contributed by atoms with Crippen molar-refractivity contribution in [3.05, 3.63) is 0 Å². The molecule has 72 valence electrons. The fraction of sp³-hybridized carbons (Fsp3) is 0.889. The van der Waals surface area contributed by atoms with Crippen LogP contribution in [-0.4, -0.2) is 17.6 Å². The van der Waals surface area contributed by atoms with Crippen molar-refractivity contribution in [1.29, 1.82) is 0 Å². The summed E-state index contributed by atoms with van der Waals surface area (Å²) < 4.78 is 0. The standard InChI is InChI=1S/C9H19NO2/c1-7(5-9(11)12)3-4-8(2)6-10/h7-8H,3-6,10H2,1-2H3,(H,11,12). The lowest BCUT2D eigenvalue weighted by Gasteiger charge is -2.11. The first kappa shape index (κ1) is 11.4. The Kier molecular flexibility index (Phi) is 5.72. The molecule has 3 N–H and O–H groups in total. The number of hydrogen-bond acceptors (Lipinski definition) is 2. The highest BCUT2D eigenvalue weighted by Crippen LogP contribution is 2.14. The van der Waals surface area contributed by atoms with Gasteiger partial charge in [-0.25, -0.2) is 0 Å². The van der Waals surface area contributed by atoms with E-state index in [1.165, 1.54) is 0 Å². The van der Waals surface area contributed by atoms with Gasteiger partial charge in [-0.3, -0.25) is 4.79 Å². The fourth-order valence-electron chi connectivity index (χ4n) is 1.09. The molecule has 12 heavy (non-hydrogen) atoms. The maximum Gasteiger partial charge on any atom is 0.303 e. The third-order valence-electron chi connectivity index (χ3n) is 2.08. The van der Waals surface area contributed by atoms with Crippen LogP contribution in [0.3, 0.4) is 0 Å². The molecule has 0 bridgehead atoms. The molecule has 0 fully saturated rings. The van der Waals surface area contributed by atoms with E-state index in [1.807, 2.05) is 6.92 Å². The molecule has 0 amide bonds. The zero-order valence-corrected chi connectivity index (χ0v) is 7.92. The smallest absolute Gasteiger partial charge is 0.303 e. The molecule has 0 aromatic heterocycles. The van der Waals surface area contributed by atoms with Crippen molar-refractivity contribution in [2.24, 2.45) is 17.6 Å². The summed E-state index contributed by atoms with van der Waals surface area (Å²) in [7, 11) is 0. The zero-order valence-electron chi connectivity index (χ0n) is 7.92. The minimum absolute atomic E-state index is 0.275. The third kappa shape index (κ3) is 6.16. The van der Waals surface area contributed by atoms with Crippen LogP contribution in [-0.2, 0) is 4.79 Å². The van der Waals surface area contributed by atoms with E-state index in [9.17, 15) is 4.79 Å². The van der Waals surface area contributed by atoms with Crippen molar-refractivity contribution in [1.82, 2.24) is 0 Å². The highest BCUT2D eigenvalue weighted by molar-refractivity contribution is 5.66. The number of rotatable bonds is 6. The quantitative estimate of drug-likeness (QED) is 0.639. The Labute approximate surface area is 74.0 Å². The Morgan fingerprint density at radius 2 is 1.83 bits per heavy atom. The number of carbonyl (C=O) groups is 1. The molecule has 0 saturated heterocycles. The summed E-state index contributed by atoms with van der Waals surface area (Å²) in [5.41, 5.74) is 5.44. The van der Waals surface area contributed by atoms with Gasteiger partial charge in [0.05, 0.1) is 0 Å². The first-order valence-corrected chi connectivity index (χ1v) is 4.48. The van der Waals surface area contributed by atoms with E-state index < -0.39 is 5.97 Å². The van der Waals surface area contributed by atoms with E-state index in [-0.39, 0.29) is 12.3 Å². The van der Waals surface area contributed by atoms with Crippen LogP contribution in [0.5, 0.6) is 0 Å². The summed E-state index contributed by atoms with van der Waals surface area (Å²) in [5.74, 6) is 0.0839. The molecule has 0 aliphatic carbocycles. The van der Waals surface area contributed by atoms with Gasteiger partial charge in [0.25, 0.3) is 0 Å². The minimum atomic E-state index is -0.706. The number of hydrogen-bond donors (Lipinski definition) is 2. The molecule has 0 aliphatic rings. The van der Waals surface area contributed by atoms with Gasteiger partial charge in [-0.2, -0.15) is 0 Å². The molecule has 0 heterocycles. The number of carboxylic acids is 1. The van der Waals surface area contributed by atoms with Gasteiger partial charge in [-0.05, 0) is 31.2 Å². The van der Waals surface area contributed by atoms with Crippen LogP contribution in [0.2, 0.25) is 0 Å². The lowest BCUT2D eigenvalue weighted by molar-refractivity contribution is -0.138. The van der Waals surface area contributed by atoms with Crippen molar-refractivity contribution >= 4 is 5.97 Å². The Morgan fingerprint density at radius 1 is 1.33 bits per heavy atom. The van der Waals surface area contributed by atoms with Gasteiger partial charge in [0.15, 0.2) is 0 Å². The molecule has 2 unspecified atom stereocenters. The van der Waals surface area contributed by atoms with Gasteiger partial charge in [0.2, 0.25) is 0 Å². The summed E-state index contributed by atoms with van der Waals surface area (Å²) >= 11 is 0. The predicted molar refractivity (Wildman–Crippen MR) is 48.9 cm³/mol. The summed E-state index contributed by atoms with van der Waals surface area (Å²) in [6.07, 6.45) is 2.27. The van der Waals surface area contributed by atoms with Crippen LogP contribution in [0.25, 0.3) is 0 Å². The monoisotopic (exact) mass is 173 g/mol. The summed E-state index contributed by atoms with van der Waals surface area (Å²) in [5, 5.41) is 8.48. The van der Waals surface area contributed by atoms with Crippen LogP contribution < -0.4 is 5.73 Å². The molecule has 3 nitrogen and oxygen atoms in total. The van der Waals surface area contributed by atoms with Gasteiger partial charge < -0.3 is 10.8 Å². The molecule has 0 aromatic rings. The SMILES string of the molecule is CC(CN)CCC(C)CC(=O)O. The van der Waals surface area contributed by atoms with Gasteiger partial charge in [-0.1, -0.05) is 13.8 Å². The van der Waals surface area contributed by atoms with E-state index in [0.717, 1.165) is 12.8 Å². The van der Waals surface area contributed by atoms with Gasteiger partial charge in [0.1, 0.15) is 0 Å². The summed E-state index contributed by atoms with van der Waals surface area (Å²) in [6, 6.07) is 0. The topological polar surface area (TPSA) is 63.3 Å². The molecular formula is C9H19NO2. The van der Waals surface area contributed by atoms with Crippen molar-refractivity contribution < 1.29 is 9.90 Å². The van der Waals surface area contributed by atoms with E-state index in [1.54, 1.807) is 0 Å². The Balaban J connectivity index is 3.43. The van der Waals surface area contributed by atoms with Crippen molar-refractivity contribution in [3.63, 3.8) is 0 Å². The van der Waals surface area contributed by atoms with Crippen LogP contribution >= 0.6 is 0 Å². The minimum Gasteiger partial charge on any atom is -0.481 e. The van der Waals surface area contributed by atoms with Gasteiger partial charge in [0, 0.05) is 6.42 Å². The lowest BCUT2D eigenvalue weighted by Crippen LogP contribution is -2.12. The number of nitrogens with two attached hydrogens (primary N) is 1. The highest BCUT2D eigenvalue weighted by Gasteiger charge is 2.08. The van der Waals surface area contributed by atoms with E-state index in [2.05, 4.69) is 6.92 Å². The predicted octanol–water partition coefficient (Wildman–Crippen LogP) is 1.47. The molecule has 3 heteroatoms. The van der Waals surface area contributed by atoms with E-state index in [4.69, 9.17) is 10.8 Å². The highest BCUT2D eigenvalue weighted by atomic mass is 16.4. The van der Waals surface area contributed by atoms with Crippen LogP contribution in [0, 0.1) is 11.8 Å². The second kappa shape index (κ2) is 6.00. The van der Waals surface area contributed by atoms with Crippen molar-refractivity contribution in [2.75, 3.05) is 6.54 Å². The van der Waals surface area contributed by atoms with Crippen LogP contribution in [0.4, 0.5) is 0 Å². The molecule has 0 spiro atoms. The second-order valence-corrected chi connectivity index (χ2v) is 3.62. The number of carboxylic acid groups (broad SMARTS) is 1. The molecule has 0 saturated carbocycles. The van der Waals surface area contributed by atoms with Gasteiger partial charge >= 0.3 is 5.97 Å². The Morgan fingerprint density at radius 3 is 2.25 bits per heavy atom. The van der Waals surface area contributed by atoms with Crippen molar-refractivity contribution in [2.45, 2.75) is 33.1 Å². The first-order valence-electron chi connectivity index (χ1n) is 4.48. The molecule has 0 radical (unpaired) electrons. The second-order valence-electron chi connectivity index (χ2n) is 3.62. The maximum atomic E-state index is 10.3. The van der Waals surface area contributed by atoms with Gasteiger partial charge in [-0.15, -0.1) is 0 Å². The Hall–Kier alpha value is -0.570. The fourth-order valence-corrected chi connectivity index (χ4v) is 1.09. The molecule has 2 atom stereocenters. The summed E-state index contributed by atoms with van der Waals surface area (Å²) in [4.78, 5) is 10.3. The zero-order chi connectivity index (χ0) is 9.56. The third-order valence-corrected chi connectivity index (χ3v) is 2.08. The average Bonchev–Trinajstić information content (AvgIpc) is 1.99. The average molecular weight is 173 g/mol. The van der Waals surface area contributed by atoms with E-state index in [0.29, 0.717) is 12.5 Å². The Bertz CT molecular complexity index is 136. The molecule has 0 aliphatic heterocycles. The number of aliphatic carboxylic acids is 1. The lowest BCUT2D eigenvalue weighted by atomic mass is 9.96. The van der Waals surface area contributed by atoms with Crippen LogP contribution in [0.15, 0.2) is 0 Å². The first-order chi connectivity index (χ1) is 5.56. The van der Waals surface area contributed by atoms with Crippen LogP contribution in [0.1, 0.15) is 33.1 Å². The largest absolute Gasteiger partial charge is 0.481 e. The summed E-state index contributed by atoms with van der Waals surface area (Å²) in [6.45, 7) is 4.75. The van der Waals surface area contributed by atoms with Crippen molar-refractivity contribution in [3.8, 4) is 0 Å². The normalized spacial score (nSPS) is 15.6. The molecule has 0 aromatic carbocycles. The van der Waals surface area contributed by atoms with E-state index >= 15 is 0 Å². The molecule has 0 rings (SSSR count). The molecular weight excluding hydrogens is 154 g/mol. The maximum absolute atomic E-state index is 10.3.